The molecule has 0 N–H and O–H groups in total. The Kier molecular flexibility index (Phi) is 3.82. The third kappa shape index (κ3) is 2.22. The number of imidazole rings is 1. The van der Waals surface area contributed by atoms with Gasteiger partial charge in [-0.1, -0.05) is 30.1 Å². The van der Waals surface area contributed by atoms with E-state index in [1.807, 2.05) is 6.07 Å². The molecule has 0 aliphatic heterocycles. The molecule has 5 heteroatoms. The minimum absolute atomic E-state index is 0.0594. The average molecular weight is 306 g/mol. The Morgan fingerprint density at radius 3 is 2.39 bits per heavy atom. The molecule has 2 aromatic rings. The Morgan fingerprint density at radius 2 is 1.83 bits per heavy atom. The standard InChI is InChI=1S/C13H15Cl3N2/c1-4-13(2,3)18-11-6-9(16)8(15)5-10(11)17-12(18)7-14/h5-6H,4,7H2,1-3H3. The maximum absolute atomic E-state index is 6.10. The molecule has 1 aromatic carbocycles. The van der Waals surface area contributed by atoms with Gasteiger partial charge in [-0.25, -0.2) is 4.98 Å². The van der Waals surface area contributed by atoms with Gasteiger partial charge in [0.25, 0.3) is 0 Å². The maximum atomic E-state index is 6.10. The van der Waals surface area contributed by atoms with Crippen LogP contribution in [0.3, 0.4) is 0 Å². The fourth-order valence-electron chi connectivity index (χ4n) is 2.05. The van der Waals surface area contributed by atoms with Gasteiger partial charge in [0.2, 0.25) is 0 Å². The summed E-state index contributed by atoms with van der Waals surface area (Å²) < 4.78 is 2.15. The van der Waals surface area contributed by atoms with Crippen LogP contribution in [0, 0.1) is 0 Å². The Labute approximate surface area is 122 Å². The molecule has 2 rings (SSSR count). The summed E-state index contributed by atoms with van der Waals surface area (Å²) in [7, 11) is 0. The summed E-state index contributed by atoms with van der Waals surface area (Å²) in [6, 6.07) is 3.65. The summed E-state index contributed by atoms with van der Waals surface area (Å²) in [6.45, 7) is 6.46. The van der Waals surface area contributed by atoms with Crippen LogP contribution in [0.5, 0.6) is 0 Å². The molecule has 0 atom stereocenters. The highest BCUT2D eigenvalue weighted by Crippen LogP contribution is 2.33. The topological polar surface area (TPSA) is 17.8 Å². The molecule has 98 valence electrons. The fourth-order valence-corrected chi connectivity index (χ4v) is 2.54. The molecule has 18 heavy (non-hydrogen) atoms. The van der Waals surface area contributed by atoms with Crippen molar-refractivity contribution in [1.29, 1.82) is 0 Å². The Bertz CT molecular complexity index is 587. The number of nitrogens with zero attached hydrogens (tertiary/aromatic N) is 2. The number of aromatic nitrogens is 2. The lowest BCUT2D eigenvalue weighted by Gasteiger charge is -2.27. The van der Waals surface area contributed by atoms with Gasteiger partial charge in [-0.05, 0) is 32.4 Å². The van der Waals surface area contributed by atoms with Crippen molar-refractivity contribution in [2.24, 2.45) is 0 Å². The van der Waals surface area contributed by atoms with Gasteiger partial charge in [-0.15, -0.1) is 11.6 Å². The van der Waals surface area contributed by atoms with Crippen molar-refractivity contribution in [3.05, 3.63) is 28.0 Å². The third-order valence-electron chi connectivity index (χ3n) is 3.36. The molecule has 0 spiro atoms. The Morgan fingerprint density at radius 1 is 1.22 bits per heavy atom. The monoisotopic (exact) mass is 304 g/mol. The smallest absolute Gasteiger partial charge is 0.125 e. The molecule has 0 amide bonds. The Balaban J connectivity index is 2.81. The first-order valence-corrected chi connectivity index (χ1v) is 7.12. The first-order chi connectivity index (χ1) is 8.40. The first-order valence-electron chi connectivity index (χ1n) is 5.83. The lowest BCUT2D eigenvalue weighted by atomic mass is 10.0. The lowest BCUT2D eigenvalue weighted by Crippen LogP contribution is -2.26. The summed E-state index contributed by atoms with van der Waals surface area (Å²) in [5.74, 6) is 1.21. The van der Waals surface area contributed by atoms with E-state index in [0.717, 1.165) is 23.3 Å². The van der Waals surface area contributed by atoms with Gasteiger partial charge < -0.3 is 4.57 Å². The predicted molar refractivity (Wildman–Crippen MR) is 78.9 cm³/mol. The van der Waals surface area contributed by atoms with Gasteiger partial charge in [-0.2, -0.15) is 0 Å². The highest BCUT2D eigenvalue weighted by Gasteiger charge is 2.24. The van der Waals surface area contributed by atoms with Gasteiger partial charge in [-0.3, -0.25) is 0 Å². The molecule has 0 fully saturated rings. The summed E-state index contributed by atoms with van der Waals surface area (Å²) in [4.78, 5) is 4.54. The summed E-state index contributed by atoms with van der Waals surface area (Å²) in [5.41, 5.74) is 1.75. The molecule has 0 aliphatic carbocycles. The molecule has 0 unspecified atom stereocenters. The average Bonchev–Trinajstić information content (AvgIpc) is 2.68. The van der Waals surface area contributed by atoms with Gasteiger partial charge in [0.1, 0.15) is 5.82 Å². The highest BCUT2D eigenvalue weighted by atomic mass is 35.5. The maximum Gasteiger partial charge on any atom is 0.125 e. The molecule has 0 saturated carbocycles. The van der Waals surface area contributed by atoms with Gasteiger partial charge >= 0.3 is 0 Å². The quantitative estimate of drug-likeness (QED) is 0.710. The van der Waals surface area contributed by atoms with Crippen molar-refractivity contribution in [3.8, 4) is 0 Å². The van der Waals surface area contributed by atoms with Crippen molar-refractivity contribution in [1.82, 2.24) is 9.55 Å². The number of hydrogen-bond acceptors (Lipinski definition) is 1. The van der Waals surface area contributed by atoms with Crippen LogP contribution >= 0.6 is 34.8 Å². The van der Waals surface area contributed by atoms with E-state index in [-0.39, 0.29) is 5.54 Å². The number of benzene rings is 1. The second kappa shape index (κ2) is 4.92. The predicted octanol–water partition coefficient (Wildman–Crippen LogP) is 5.23. The minimum Gasteiger partial charge on any atom is -0.321 e. The summed E-state index contributed by atoms with van der Waals surface area (Å²) >= 11 is 18.1. The third-order valence-corrected chi connectivity index (χ3v) is 4.32. The van der Waals surface area contributed by atoms with E-state index in [4.69, 9.17) is 34.8 Å². The van der Waals surface area contributed by atoms with Crippen LogP contribution in [-0.4, -0.2) is 9.55 Å². The number of halogens is 3. The number of rotatable bonds is 3. The van der Waals surface area contributed by atoms with Crippen LogP contribution in [-0.2, 0) is 11.4 Å². The van der Waals surface area contributed by atoms with E-state index in [0.29, 0.717) is 15.9 Å². The molecule has 0 bridgehead atoms. The van der Waals surface area contributed by atoms with Gasteiger partial charge in [0.15, 0.2) is 0 Å². The molecular weight excluding hydrogens is 291 g/mol. The molecule has 0 radical (unpaired) electrons. The number of alkyl halides is 1. The molecule has 1 aromatic heterocycles. The molecule has 0 aliphatic rings. The largest absolute Gasteiger partial charge is 0.321 e. The Hall–Kier alpha value is -0.440. The zero-order valence-corrected chi connectivity index (χ0v) is 12.9. The van der Waals surface area contributed by atoms with Crippen LogP contribution < -0.4 is 0 Å². The number of hydrogen-bond donors (Lipinski definition) is 0. The van der Waals surface area contributed by atoms with Crippen LogP contribution in [0.15, 0.2) is 12.1 Å². The SMILES string of the molecule is CCC(C)(C)n1c(CCl)nc2cc(Cl)c(Cl)cc21. The van der Waals surface area contributed by atoms with Crippen LogP contribution in [0.25, 0.3) is 11.0 Å². The zero-order valence-electron chi connectivity index (χ0n) is 10.6. The van der Waals surface area contributed by atoms with E-state index in [2.05, 4.69) is 30.3 Å². The number of fused-ring (bicyclic) bond motifs is 1. The van der Waals surface area contributed by atoms with Crippen LogP contribution in [0.1, 0.15) is 33.0 Å². The van der Waals surface area contributed by atoms with Gasteiger partial charge in [0, 0.05) is 5.54 Å². The molecular formula is C13H15Cl3N2. The summed E-state index contributed by atoms with van der Waals surface area (Å²) in [5, 5.41) is 1.06. The second-order valence-corrected chi connectivity index (χ2v) is 6.00. The van der Waals surface area contributed by atoms with E-state index in [1.165, 1.54) is 0 Å². The second-order valence-electron chi connectivity index (χ2n) is 4.92. The summed E-state index contributed by atoms with van der Waals surface area (Å²) in [6.07, 6.45) is 0.975. The van der Waals surface area contributed by atoms with E-state index in [1.54, 1.807) is 6.07 Å². The van der Waals surface area contributed by atoms with E-state index in [9.17, 15) is 0 Å². The van der Waals surface area contributed by atoms with Crippen molar-refractivity contribution >= 4 is 45.8 Å². The normalized spacial score (nSPS) is 12.3. The molecule has 2 nitrogen and oxygen atoms in total. The molecule has 1 heterocycles. The van der Waals surface area contributed by atoms with Gasteiger partial charge in [0.05, 0.1) is 27.0 Å². The van der Waals surface area contributed by atoms with Crippen LogP contribution in [0.2, 0.25) is 10.0 Å². The van der Waals surface area contributed by atoms with Crippen molar-refractivity contribution in [3.63, 3.8) is 0 Å². The zero-order chi connectivity index (χ0) is 13.5. The van der Waals surface area contributed by atoms with E-state index < -0.39 is 0 Å². The highest BCUT2D eigenvalue weighted by molar-refractivity contribution is 6.42. The van der Waals surface area contributed by atoms with Crippen molar-refractivity contribution in [2.45, 2.75) is 38.6 Å². The van der Waals surface area contributed by atoms with Crippen LogP contribution in [0.4, 0.5) is 0 Å². The van der Waals surface area contributed by atoms with E-state index >= 15 is 0 Å². The lowest BCUT2D eigenvalue weighted by molar-refractivity contribution is 0.344. The first kappa shape index (κ1) is 14.0. The van der Waals surface area contributed by atoms with Crippen molar-refractivity contribution in [2.75, 3.05) is 0 Å². The van der Waals surface area contributed by atoms with Crippen molar-refractivity contribution < 1.29 is 0 Å². The minimum atomic E-state index is -0.0594. The molecule has 0 saturated heterocycles. The fraction of sp³-hybridized carbons (Fsp3) is 0.462.